The number of carbonyl (C=O) groups excluding carboxylic acids is 1. The first kappa shape index (κ1) is 19.3. The molecular weight excluding hydrogens is 404 g/mol. The predicted octanol–water partition coefficient (Wildman–Crippen LogP) is 5.73. The van der Waals surface area contributed by atoms with Crippen molar-refractivity contribution in [3.8, 4) is 11.6 Å². The maximum absolute atomic E-state index is 13.1. The summed E-state index contributed by atoms with van der Waals surface area (Å²) in [6.07, 6.45) is -4.70. The van der Waals surface area contributed by atoms with E-state index in [-0.39, 0.29) is 21.5 Å². The van der Waals surface area contributed by atoms with Gasteiger partial charge in [0.25, 0.3) is 0 Å². The summed E-state index contributed by atoms with van der Waals surface area (Å²) in [4.78, 5) is 12.4. The Balaban J connectivity index is 2.01. The molecule has 0 N–H and O–H groups in total. The maximum Gasteiger partial charge on any atom is 0.435 e. The third-order valence-corrected chi connectivity index (χ3v) is 3.98. The molecule has 1 heterocycles. The largest absolute Gasteiger partial charge is 0.435 e. The lowest BCUT2D eigenvalue weighted by atomic mass is 10.2. The fourth-order valence-electron chi connectivity index (χ4n) is 2.27. The molecular formula is C18H11Cl2F3N2O2. The van der Waals surface area contributed by atoms with Crippen molar-refractivity contribution < 1.29 is 22.7 Å². The van der Waals surface area contributed by atoms with Crippen LogP contribution in [0.5, 0.6) is 5.88 Å². The molecule has 4 nitrogen and oxygen atoms in total. The Morgan fingerprint density at radius 1 is 1.04 bits per heavy atom. The summed E-state index contributed by atoms with van der Waals surface area (Å²) in [7, 11) is 0. The fourth-order valence-corrected chi connectivity index (χ4v) is 2.80. The number of aryl methyl sites for hydroxylation is 1. The quantitative estimate of drug-likeness (QED) is 0.514. The van der Waals surface area contributed by atoms with Crippen molar-refractivity contribution in [2.24, 2.45) is 0 Å². The number of hydrogen-bond donors (Lipinski definition) is 0. The summed E-state index contributed by atoms with van der Waals surface area (Å²) < 4.78 is 45.3. The Morgan fingerprint density at radius 3 is 2.19 bits per heavy atom. The molecule has 3 aromatic rings. The third-order valence-electron chi connectivity index (χ3n) is 3.54. The van der Waals surface area contributed by atoms with Crippen LogP contribution in [-0.4, -0.2) is 15.7 Å². The Morgan fingerprint density at radius 2 is 1.63 bits per heavy atom. The van der Waals surface area contributed by atoms with E-state index >= 15 is 0 Å². The number of rotatable bonds is 3. The highest BCUT2D eigenvalue weighted by Crippen LogP contribution is 2.32. The van der Waals surface area contributed by atoms with E-state index in [1.807, 2.05) is 6.92 Å². The summed E-state index contributed by atoms with van der Waals surface area (Å²) in [5.41, 5.74) is 0.0322. The van der Waals surface area contributed by atoms with E-state index in [0.29, 0.717) is 11.8 Å². The number of aromatic nitrogens is 2. The van der Waals surface area contributed by atoms with Gasteiger partial charge in [-0.2, -0.15) is 18.3 Å². The zero-order valence-electron chi connectivity index (χ0n) is 13.7. The number of carbonyl (C=O) groups is 1. The summed E-state index contributed by atoms with van der Waals surface area (Å²) in [5, 5.41) is 3.91. The third kappa shape index (κ3) is 4.43. The molecule has 2 aromatic carbocycles. The molecule has 0 bridgehead atoms. The van der Waals surface area contributed by atoms with Gasteiger partial charge in [0.05, 0.1) is 11.3 Å². The molecule has 0 aliphatic rings. The van der Waals surface area contributed by atoms with Crippen LogP contribution in [0, 0.1) is 6.92 Å². The fraction of sp³-hybridized carbons (Fsp3) is 0.111. The lowest BCUT2D eigenvalue weighted by Gasteiger charge is -2.08. The first-order valence-corrected chi connectivity index (χ1v) is 8.31. The number of esters is 1. The van der Waals surface area contributed by atoms with E-state index in [1.54, 1.807) is 24.3 Å². The molecule has 0 amide bonds. The molecule has 0 saturated heterocycles. The highest BCUT2D eigenvalue weighted by molar-refractivity contribution is 6.35. The van der Waals surface area contributed by atoms with Gasteiger partial charge in [-0.25, -0.2) is 9.48 Å². The molecule has 0 unspecified atom stereocenters. The summed E-state index contributed by atoms with van der Waals surface area (Å²) in [6, 6.07) is 11.2. The van der Waals surface area contributed by atoms with E-state index in [2.05, 4.69) is 5.10 Å². The van der Waals surface area contributed by atoms with Gasteiger partial charge in [0.2, 0.25) is 5.88 Å². The standard InChI is InChI=1S/C18H11Cl2F3N2O2/c1-10-2-4-14(5-3-10)25-16(9-15(24-25)18(21,22)23)27-17(26)11-6-12(19)8-13(20)7-11/h2-9H,1H3. The molecule has 0 aliphatic carbocycles. The smallest absolute Gasteiger partial charge is 0.404 e. The van der Waals surface area contributed by atoms with Crippen LogP contribution in [0.1, 0.15) is 21.6 Å². The van der Waals surface area contributed by atoms with Crippen LogP contribution in [0.2, 0.25) is 10.0 Å². The molecule has 0 radical (unpaired) electrons. The van der Waals surface area contributed by atoms with Crippen molar-refractivity contribution in [2.75, 3.05) is 0 Å². The van der Waals surface area contributed by atoms with E-state index in [4.69, 9.17) is 27.9 Å². The molecule has 9 heteroatoms. The van der Waals surface area contributed by atoms with Gasteiger partial charge in [-0.1, -0.05) is 40.9 Å². The van der Waals surface area contributed by atoms with Crippen LogP contribution in [0.3, 0.4) is 0 Å². The summed E-state index contributed by atoms with van der Waals surface area (Å²) >= 11 is 11.7. The molecule has 0 atom stereocenters. The normalized spacial score (nSPS) is 11.5. The number of halogens is 5. The minimum absolute atomic E-state index is 0.00212. The second-order valence-corrected chi connectivity index (χ2v) is 6.53. The maximum atomic E-state index is 13.1. The van der Waals surface area contributed by atoms with Crippen molar-refractivity contribution in [2.45, 2.75) is 13.1 Å². The van der Waals surface area contributed by atoms with Gasteiger partial charge >= 0.3 is 12.1 Å². The Bertz CT molecular complexity index is 979. The summed E-state index contributed by atoms with van der Waals surface area (Å²) in [5.74, 6) is -1.30. The molecule has 1 aromatic heterocycles. The van der Waals surface area contributed by atoms with Crippen molar-refractivity contribution in [3.63, 3.8) is 0 Å². The predicted molar refractivity (Wildman–Crippen MR) is 94.7 cm³/mol. The molecule has 0 saturated carbocycles. The van der Waals surface area contributed by atoms with Gasteiger partial charge < -0.3 is 4.74 Å². The number of hydrogen-bond acceptors (Lipinski definition) is 3. The van der Waals surface area contributed by atoms with Crippen molar-refractivity contribution in [1.29, 1.82) is 0 Å². The van der Waals surface area contributed by atoms with Gasteiger partial charge in [-0.15, -0.1) is 0 Å². The van der Waals surface area contributed by atoms with Crippen LogP contribution in [-0.2, 0) is 6.18 Å². The first-order chi connectivity index (χ1) is 12.6. The summed E-state index contributed by atoms with van der Waals surface area (Å²) in [6.45, 7) is 1.83. The monoisotopic (exact) mass is 414 g/mol. The Hall–Kier alpha value is -2.51. The van der Waals surface area contributed by atoms with E-state index < -0.39 is 17.8 Å². The van der Waals surface area contributed by atoms with Gasteiger partial charge in [-0.3, -0.25) is 0 Å². The van der Waals surface area contributed by atoms with Gasteiger partial charge in [0.1, 0.15) is 0 Å². The molecule has 3 rings (SSSR count). The van der Waals surface area contributed by atoms with Gasteiger partial charge in [0, 0.05) is 16.1 Å². The van der Waals surface area contributed by atoms with Crippen LogP contribution in [0.4, 0.5) is 13.2 Å². The zero-order chi connectivity index (χ0) is 19.8. The molecule has 0 aliphatic heterocycles. The second kappa shape index (κ2) is 7.25. The SMILES string of the molecule is Cc1ccc(-n2nc(C(F)(F)F)cc2OC(=O)c2cc(Cl)cc(Cl)c2)cc1. The lowest BCUT2D eigenvalue weighted by Crippen LogP contribution is -2.12. The van der Waals surface area contributed by atoms with Crippen molar-refractivity contribution >= 4 is 29.2 Å². The van der Waals surface area contributed by atoms with E-state index in [9.17, 15) is 18.0 Å². The van der Waals surface area contributed by atoms with E-state index in [1.165, 1.54) is 18.2 Å². The Kier molecular flexibility index (Phi) is 5.17. The zero-order valence-corrected chi connectivity index (χ0v) is 15.2. The Labute approximate surface area is 162 Å². The minimum Gasteiger partial charge on any atom is -0.404 e. The number of benzene rings is 2. The van der Waals surface area contributed by atoms with Crippen LogP contribution in [0.15, 0.2) is 48.5 Å². The van der Waals surface area contributed by atoms with Gasteiger partial charge in [0.15, 0.2) is 5.69 Å². The molecule has 0 fully saturated rings. The molecule has 140 valence electrons. The van der Waals surface area contributed by atoms with Crippen molar-refractivity contribution in [1.82, 2.24) is 9.78 Å². The number of ether oxygens (including phenoxy) is 1. The topological polar surface area (TPSA) is 44.1 Å². The van der Waals surface area contributed by atoms with E-state index in [0.717, 1.165) is 10.2 Å². The highest BCUT2D eigenvalue weighted by Gasteiger charge is 2.36. The van der Waals surface area contributed by atoms with Crippen LogP contribution < -0.4 is 4.74 Å². The highest BCUT2D eigenvalue weighted by atomic mass is 35.5. The number of nitrogens with zero attached hydrogens (tertiary/aromatic N) is 2. The molecule has 27 heavy (non-hydrogen) atoms. The lowest BCUT2D eigenvalue weighted by molar-refractivity contribution is -0.141. The minimum atomic E-state index is -4.70. The first-order valence-electron chi connectivity index (χ1n) is 7.56. The van der Waals surface area contributed by atoms with Crippen molar-refractivity contribution in [3.05, 3.63) is 75.4 Å². The average molecular weight is 415 g/mol. The van der Waals surface area contributed by atoms with Crippen LogP contribution in [0.25, 0.3) is 5.69 Å². The van der Waals surface area contributed by atoms with Gasteiger partial charge in [-0.05, 0) is 37.3 Å². The number of alkyl halides is 3. The second-order valence-electron chi connectivity index (χ2n) is 5.66. The molecule has 0 spiro atoms. The average Bonchev–Trinajstić information content (AvgIpc) is 2.99. The van der Waals surface area contributed by atoms with Crippen LogP contribution >= 0.6 is 23.2 Å².